The molecule has 0 radical (unpaired) electrons. The summed E-state index contributed by atoms with van der Waals surface area (Å²) in [6, 6.07) is 1.73. The van der Waals surface area contributed by atoms with Crippen molar-refractivity contribution in [2.24, 2.45) is 0 Å². The molecule has 1 aromatic rings. The van der Waals surface area contributed by atoms with E-state index in [9.17, 15) is 4.79 Å². The van der Waals surface area contributed by atoms with E-state index >= 15 is 0 Å². The molecule has 1 saturated carbocycles. The second-order valence-electron chi connectivity index (χ2n) is 5.24. The van der Waals surface area contributed by atoms with Crippen molar-refractivity contribution in [1.82, 2.24) is 10.3 Å². The highest BCUT2D eigenvalue weighted by Gasteiger charge is 2.19. The fourth-order valence-electron chi connectivity index (χ4n) is 2.29. The summed E-state index contributed by atoms with van der Waals surface area (Å²) in [5.74, 6) is 0.346. The van der Waals surface area contributed by atoms with Crippen LogP contribution in [0.15, 0.2) is 12.3 Å². The van der Waals surface area contributed by atoms with Crippen LogP contribution >= 0.6 is 11.6 Å². The molecule has 110 valence electrons. The first-order valence-electron chi connectivity index (χ1n) is 6.94. The monoisotopic (exact) mass is 297 g/mol. The number of anilines is 1. The minimum absolute atomic E-state index is 0.0120. The maximum absolute atomic E-state index is 12.1. The normalized spacial score (nSPS) is 16.9. The van der Waals surface area contributed by atoms with Crippen molar-refractivity contribution >= 4 is 23.3 Å². The number of aromatic nitrogens is 1. The van der Waals surface area contributed by atoms with Gasteiger partial charge in [-0.15, -0.1) is 0 Å². The minimum atomic E-state index is -0.141. The SMILES string of the molecule is C[C@H](CO)Nc1ncc(C(=O)NC2CCCC2)cc1Cl. The zero-order valence-electron chi connectivity index (χ0n) is 11.5. The first-order valence-corrected chi connectivity index (χ1v) is 7.31. The summed E-state index contributed by atoms with van der Waals surface area (Å²) in [6.07, 6.45) is 5.93. The highest BCUT2D eigenvalue weighted by Crippen LogP contribution is 2.22. The third-order valence-electron chi connectivity index (χ3n) is 3.45. The molecular weight excluding hydrogens is 278 g/mol. The number of hydrogen-bond donors (Lipinski definition) is 3. The number of aliphatic hydroxyl groups excluding tert-OH is 1. The molecule has 1 fully saturated rings. The highest BCUT2D eigenvalue weighted by molar-refractivity contribution is 6.33. The molecule has 6 heteroatoms. The maximum Gasteiger partial charge on any atom is 0.253 e. The molecule has 0 aromatic carbocycles. The van der Waals surface area contributed by atoms with Gasteiger partial charge in [-0.25, -0.2) is 4.98 Å². The zero-order chi connectivity index (χ0) is 14.5. The number of amides is 1. The van der Waals surface area contributed by atoms with Crippen LogP contribution < -0.4 is 10.6 Å². The van der Waals surface area contributed by atoms with Gasteiger partial charge < -0.3 is 15.7 Å². The van der Waals surface area contributed by atoms with Gasteiger partial charge in [0.2, 0.25) is 0 Å². The summed E-state index contributed by atoms with van der Waals surface area (Å²) in [5, 5.41) is 15.3. The van der Waals surface area contributed by atoms with Gasteiger partial charge in [0, 0.05) is 18.3 Å². The molecule has 0 aliphatic heterocycles. The molecule has 1 heterocycles. The van der Waals surface area contributed by atoms with Crippen LogP contribution in [0.3, 0.4) is 0 Å². The van der Waals surface area contributed by atoms with Gasteiger partial charge >= 0.3 is 0 Å². The first-order chi connectivity index (χ1) is 9.60. The van der Waals surface area contributed by atoms with Crippen molar-refractivity contribution in [3.05, 3.63) is 22.8 Å². The van der Waals surface area contributed by atoms with Crippen molar-refractivity contribution in [2.45, 2.75) is 44.7 Å². The van der Waals surface area contributed by atoms with Crippen LogP contribution in [-0.2, 0) is 0 Å². The summed E-state index contributed by atoms with van der Waals surface area (Å²) < 4.78 is 0. The Labute approximate surface area is 123 Å². The van der Waals surface area contributed by atoms with Gasteiger partial charge in [-0.3, -0.25) is 4.79 Å². The number of carbonyl (C=O) groups is 1. The number of rotatable bonds is 5. The summed E-state index contributed by atoms with van der Waals surface area (Å²) >= 11 is 6.10. The quantitative estimate of drug-likeness (QED) is 0.779. The van der Waals surface area contributed by atoms with Crippen LogP contribution in [0, 0.1) is 0 Å². The molecule has 1 aliphatic rings. The highest BCUT2D eigenvalue weighted by atomic mass is 35.5. The lowest BCUT2D eigenvalue weighted by atomic mass is 10.2. The Hall–Kier alpha value is -1.33. The Kier molecular flexibility index (Phi) is 5.20. The van der Waals surface area contributed by atoms with Gasteiger partial charge in [0.1, 0.15) is 5.82 Å². The smallest absolute Gasteiger partial charge is 0.253 e. The lowest BCUT2D eigenvalue weighted by Crippen LogP contribution is -2.32. The molecule has 1 aromatic heterocycles. The zero-order valence-corrected chi connectivity index (χ0v) is 12.3. The number of halogens is 1. The van der Waals surface area contributed by atoms with Gasteiger partial charge in [-0.05, 0) is 25.8 Å². The van der Waals surface area contributed by atoms with E-state index in [0.29, 0.717) is 16.4 Å². The minimum Gasteiger partial charge on any atom is -0.394 e. The molecule has 20 heavy (non-hydrogen) atoms. The summed E-state index contributed by atoms with van der Waals surface area (Å²) in [6.45, 7) is 1.81. The molecule has 0 spiro atoms. The standard InChI is InChI=1S/C14H20ClN3O2/c1-9(8-19)17-13-12(15)6-10(7-16-13)14(20)18-11-4-2-3-5-11/h6-7,9,11,19H,2-5,8H2,1H3,(H,16,17)(H,18,20)/t9-/m1/s1. The molecule has 1 amide bonds. The van der Waals surface area contributed by atoms with E-state index in [1.807, 2.05) is 6.92 Å². The van der Waals surface area contributed by atoms with Gasteiger partial charge in [-0.1, -0.05) is 24.4 Å². The summed E-state index contributed by atoms with van der Waals surface area (Å²) in [7, 11) is 0. The van der Waals surface area contributed by atoms with Crippen molar-refractivity contribution < 1.29 is 9.90 Å². The third kappa shape index (κ3) is 3.84. The van der Waals surface area contributed by atoms with Crippen molar-refractivity contribution in [2.75, 3.05) is 11.9 Å². The predicted octanol–water partition coefficient (Wildman–Crippen LogP) is 2.20. The van der Waals surface area contributed by atoms with Crippen LogP contribution in [-0.4, -0.2) is 34.7 Å². The molecule has 0 unspecified atom stereocenters. The van der Waals surface area contributed by atoms with Gasteiger partial charge in [0.15, 0.2) is 0 Å². The molecule has 1 aliphatic carbocycles. The van der Waals surface area contributed by atoms with Gasteiger partial charge in [0.05, 0.1) is 17.2 Å². The third-order valence-corrected chi connectivity index (χ3v) is 3.74. The lowest BCUT2D eigenvalue weighted by molar-refractivity contribution is 0.0937. The van der Waals surface area contributed by atoms with Crippen molar-refractivity contribution in [3.8, 4) is 0 Å². The number of nitrogens with one attached hydrogen (secondary N) is 2. The molecule has 2 rings (SSSR count). The van der Waals surface area contributed by atoms with E-state index in [1.54, 1.807) is 6.07 Å². The van der Waals surface area contributed by atoms with Crippen molar-refractivity contribution in [3.63, 3.8) is 0 Å². The number of carbonyl (C=O) groups excluding carboxylic acids is 1. The summed E-state index contributed by atoms with van der Waals surface area (Å²) in [4.78, 5) is 16.2. The topological polar surface area (TPSA) is 74.2 Å². The number of hydrogen-bond acceptors (Lipinski definition) is 4. The Morgan fingerprint density at radius 3 is 2.85 bits per heavy atom. The molecule has 0 bridgehead atoms. The number of aliphatic hydroxyl groups is 1. The van der Waals surface area contributed by atoms with E-state index < -0.39 is 0 Å². The molecule has 1 atom stereocenters. The van der Waals surface area contributed by atoms with E-state index in [-0.39, 0.29) is 24.6 Å². The fourth-order valence-corrected chi connectivity index (χ4v) is 2.51. The average molecular weight is 298 g/mol. The fraction of sp³-hybridized carbons (Fsp3) is 0.571. The largest absolute Gasteiger partial charge is 0.394 e. The molecule has 5 nitrogen and oxygen atoms in total. The Morgan fingerprint density at radius 2 is 2.25 bits per heavy atom. The van der Waals surface area contributed by atoms with Gasteiger partial charge in [0.25, 0.3) is 5.91 Å². The Morgan fingerprint density at radius 1 is 1.55 bits per heavy atom. The average Bonchev–Trinajstić information content (AvgIpc) is 2.93. The lowest BCUT2D eigenvalue weighted by Gasteiger charge is -2.14. The van der Waals surface area contributed by atoms with Crippen LogP contribution in [0.25, 0.3) is 0 Å². The van der Waals surface area contributed by atoms with Crippen molar-refractivity contribution in [1.29, 1.82) is 0 Å². The number of pyridine rings is 1. The van der Waals surface area contributed by atoms with Crippen LogP contribution in [0.2, 0.25) is 5.02 Å². The van der Waals surface area contributed by atoms with Gasteiger partial charge in [-0.2, -0.15) is 0 Å². The van der Waals surface area contributed by atoms with Crippen LogP contribution in [0.4, 0.5) is 5.82 Å². The van der Waals surface area contributed by atoms with E-state index in [1.165, 1.54) is 19.0 Å². The van der Waals surface area contributed by atoms with E-state index in [2.05, 4.69) is 15.6 Å². The Balaban J connectivity index is 2.02. The molecular formula is C14H20ClN3O2. The first kappa shape index (κ1) is 15.1. The summed E-state index contributed by atoms with van der Waals surface area (Å²) in [5.41, 5.74) is 0.462. The Bertz CT molecular complexity index is 475. The molecule has 3 N–H and O–H groups in total. The number of nitrogens with zero attached hydrogens (tertiary/aromatic N) is 1. The second-order valence-corrected chi connectivity index (χ2v) is 5.64. The van der Waals surface area contributed by atoms with Crippen LogP contribution in [0.5, 0.6) is 0 Å². The second kappa shape index (κ2) is 6.90. The van der Waals surface area contributed by atoms with E-state index in [4.69, 9.17) is 16.7 Å². The maximum atomic E-state index is 12.1. The predicted molar refractivity (Wildman–Crippen MR) is 79.1 cm³/mol. The van der Waals surface area contributed by atoms with Crippen LogP contribution in [0.1, 0.15) is 43.0 Å². The van der Waals surface area contributed by atoms with E-state index in [0.717, 1.165) is 12.8 Å². The molecule has 0 saturated heterocycles.